The Morgan fingerprint density at radius 3 is 2.45 bits per heavy atom. The van der Waals surface area contributed by atoms with Crippen molar-refractivity contribution in [3.63, 3.8) is 0 Å². The highest BCUT2D eigenvalue weighted by Gasteiger charge is 2.13. The zero-order valence-corrected chi connectivity index (χ0v) is 13.2. The van der Waals surface area contributed by atoms with Crippen molar-refractivity contribution in [2.75, 3.05) is 0 Å². The Kier molecular flexibility index (Phi) is 4.95. The number of aliphatic hydroxyl groups is 1. The van der Waals surface area contributed by atoms with Crippen molar-refractivity contribution in [2.45, 2.75) is 26.4 Å². The highest BCUT2D eigenvalue weighted by molar-refractivity contribution is 9.10. The third-order valence-electron chi connectivity index (χ3n) is 3.17. The van der Waals surface area contributed by atoms with Crippen molar-refractivity contribution in [3.8, 4) is 0 Å². The second-order valence-electron chi connectivity index (χ2n) is 5.42. The quantitative estimate of drug-likeness (QED) is 0.844. The Labute approximate surface area is 127 Å². The molecule has 0 heterocycles. The maximum atomic E-state index is 13.5. The fraction of sp³-hybridized carbons (Fsp3) is 0.294. The first-order chi connectivity index (χ1) is 9.47. The maximum Gasteiger partial charge on any atom is 0.137 e. The molecule has 0 aliphatic heterocycles. The summed E-state index contributed by atoms with van der Waals surface area (Å²) in [5, 5.41) is 10.4. The molecule has 1 N–H and O–H groups in total. The van der Waals surface area contributed by atoms with E-state index >= 15 is 0 Å². The van der Waals surface area contributed by atoms with Gasteiger partial charge in [0.2, 0.25) is 0 Å². The van der Waals surface area contributed by atoms with Crippen LogP contribution in [0.15, 0.2) is 46.9 Å². The molecule has 0 aromatic heterocycles. The summed E-state index contributed by atoms with van der Waals surface area (Å²) in [6, 6.07) is 12.6. The molecular formula is C17H18BrFO. The van der Waals surface area contributed by atoms with Crippen LogP contribution in [0.2, 0.25) is 0 Å². The molecule has 0 aliphatic carbocycles. The van der Waals surface area contributed by atoms with E-state index in [-0.39, 0.29) is 5.82 Å². The van der Waals surface area contributed by atoms with E-state index in [1.807, 2.05) is 18.2 Å². The van der Waals surface area contributed by atoms with Gasteiger partial charge in [0.25, 0.3) is 0 Å². The molecule has 0 saturated heterocycles. The molecule has 0 radical (unpaired) electrons. The van der Waals surface area contributed by atoms with Crippen LogP contribution in [0.4, 0.5) is 4.39 Å². The van der Waals surface area contributed by atoms with Crippen LogP contribution < -0.4 is 0 Å². The lowest BCUT2D eigenvalue weighted by atomic mass is 9.96. The first-order valence-corrected chi connectivity index (χ1v) is 7.48. The lowest BCUT2D eigenvalue weighted by Crippen LogP contribution is -2.02. The number of rotatable bonds is 4. The lowest BCUT2D eigenvalue weighted by molar-refractivity contribution is 0.219. The van der Waals surface area contributed by atoms with Gasteiger partial charge in [0.05, 0.1) is 4.47 Å². The van der Waals surface area contributed by atoms with Crippen molar-refractivity contribution < 1.29 is 9.50 Å². The van der Waals surface area contributed by atoms with Crippen molar-refractivity contribution in [1.82, 2.24) is 0 Å². The average molecular weight is 337 g/mol. The Morgan fingerprint density at radius 1 is 1.10 bits per heavy atom. The smallest absolute Gasteiger partial charge is 0.137 e. The van der Waals surface area contributed by atoms with Gasteiger partial charge in [-0.15, -0.1) is 0 Å². The fourth-order valence-corrected chi connectivity index (χ4v) is 2.48. The van der Waals surface area contributed by atoms with E-state index in [0.29, 0.717) is 16.0 Å². The Morgan fingerprint density at radius 2 is 1.80 bits per heavy atom. The molecule has 2 aromatic rings. The summed E-state index contributed by atoms with van der Waals surface area (Å²) in [6.45, 7) is 4.32. The number of hydrogen-bond acceptors (Lipinski definition) is 1. The average Bonchev–Trinajstić information content (AvgIpc) is 2.40. The third kappa shape index (κ3) is 3.68. The van der Waals surface area contributed by atoms with Crippen molar-refractivity contribution in [1.29, 1.82) is 0 Å². The van der Waals surface area contributed by atoms with Gasteiger partial charge in [-0.05, 0) is 57.1 Å². The minimum absolute atomic E-state index is 0.361. The number of aliphatic hydroxyl groups excluding tert-OH is 1. The predicted octanol–water partition coefficient (Wildman–Crippen LogP) is 4.87. The van der Waals surface area contributed by atoms with Gasteiger partial charge in [-0.25, -0.2) is 4.39 Å². The van der Waals surface area contributed by atoms with Gasteiger partial charge in [-0.2, -0.15) is 0 Å². The summed E-state index contributed by atoms with van der Waals surface area (Å²) < 4.78 is 14.0. The van der Waals surface area contributed by atoms with Crippen LogP contribution in [-0.4, -0.2) is 5.11 Å². The lowest BCUT2D eigenvalue weighted by Gasteiger charge is -2.14. The second kappa shape index (κ2) is 6.51. The first kappa shape index (κ1) is 15.2. The minimum atomic E-state index is -0.801. The van der Waals surface area contributed by atoms with E-state index in [2.05, 4.69) is 35.8 Å². The molecule has 0 fully saturated rings. The molecule has 2 rings (SSSR count). The van der Waals surface area contributed by atoms with Gasteiger partial charge in [-0.3, -0.25) is 0 Å². The van der Waals surface area contributed by atoms with Crippen LogP contribution in [0.5, 0.6) is 0 Å². The molecule has 0 saturated carbocycles. The van der Waals surface area contributed by atoms with Gasteiger partial charge < -0.3 is 5.11 Å². The number of halogens is 2. The Bertz CT molecular complexity index is 595. The van der Waals surface area contributed by atoms with Crippen molar-refractivity contribution in [3.05, 3.63) is 69.4 Å². The van der Waals surface area contributed by atoms with Crippen LogP contribution in [0.25, 0.3) is 0 Å². The summed E-state index contributed by atoms with van der Waals surface area (Å²) in [5.41, 5.74) is 2.55. The molecular weight excluding hydrogens is 319 g/mol. The molecule has 0 aliphatic rings. The van der Waals surface area contributed by atoms with E-state index in [1.54, 1.807) is 12.1 Å². The molecule has 2 aromatic carbocycles. The number of hydrogen-bond donors (Lipinski definition) is 1. The van der Waals surface area contributed by atoms with E-state index in [9.17, 15) is 9.50 Å². The van der Waals surface area contributed by atoms with Gasteiger partial charge in [0.1, 0.15) is 11.9 Å². The predicted molar refractivity (Wildman–Crippen MR) is 83.1 cm³/mol. The Hall–Kier alpha value is -1.19. The largest absolute Gasteiger partial charge is 0.384 e. The van der Waals surface area contributed by atoms with Crippen LogP contribution in [0.3, 0.4) is 0 Å². The molecule has 0 amide bonds. The fourth-order valence-electron chi connectivity index (χ4n) is 2.24. The molecule has 0 bridgehead atoms. The summed E-state index contributed by atoms with van der Waals surface area (Å²) in [6.07, 6.45) is 0.166. The molecule has 1 atom stereocenters. The van der Waals surface area contributed by atoms with Crippen LogP contribution in [0.1, 0.15) is 36.6 Å². The highest BCUT2D eigenvalue weighted by atomic mass is 79.9. The minimum Gasteiger partial charge on any atom is -0.384 e. The van der Waals surface area contributed by atoms with Gasteiger partial charge in [0, 0.05) is 0 Å². The van der Waals surface area contributed by atoms with E-state index < -0.39 is 6.10 Å². The monoisotopic (exact) mass is 336 g/mol. The zero-order chi connectivity index (χ0) is 14.7. The van der Waals surface area contributed by atoms with E-state index in [4.69, 9.17) is 0 Å². The normalized spacial score (nSPS) is 12.7. The number of benzene rings is 2. The molecule has 20 heavy (non-hydrogen) atoms. The van der Waals surface area contributed by atoms with Crippen molar-refractivity contribution >= 4 is 15.9 Å². The molecule has 106 valence electrons. The summed E-state index contributed by atoms with van der Waals surface area (Å²) in [4.78, 5) is 0. The third-order valence-corrected chi connectivity index (χ3v) is 3.81. The first-order valence-electron chi connectivity index (χ1n) is 6.69. The summed E-state index contributed by atoms with van der Waals surface area (Å²) in [7, 11) is 0. The summed E-state index contributed by atoms with van der Waals surface area (Å²) in [5.74, 6) is 0.201. The Balaban J connectivity index is 2.28. The SMILES string of the molecule is CC(C)Cc1cccc(C(O)c2ccc(Br)c(F)c2)c1. The standard InChI is InChI=1S/C17H18BrFO/c1-11(2)8-12-4-3-5-13(9-12)17(20)14-6-7-15(18)16(19)10-14/h3-7,9-11,17,20H,8H2,1-2H3. The molecule has 1 unspecified atom stereocenters. The molecule has 3 heteroatoms. The zero-order valence-electron chi connectivity index (χ0n) is 11.6. The second-order valence-corrected chi connectivity index (χ2v) is 6.27. The van der Waals surface area contributed by atoms with Crippen LogP contribution in [-0.2, 0) is 6.42 Å². The van der Waals surface area contributed by atoms with Crippen LogP contribution in [0, 0.1) is 11.7 Å². The van der Waals surface area contributed by atoms with E-state index in [1.165, 1.54) is 11.6 Å². The molecule has 1 nitrogen and oxygen atoms in total. The highest BCUT2D eigenvalue weighted by Crippen LogP contribution is 2.26. The topological polar surface area (TPSA) is 20.2 Å². The van der Waals surface area contributed by atoms with Crippen molar-refractivity contribution in [2.24, 2.45) is 5.92 Å². The van der Waals surface area contributed by atoms with Gasteiger partial charge >= 0.3 is 0 Å². The van der Waals surface area contributed by atoms with Crippen LogP contribution >= 0.6 is 15.9 Å². The van der Waals surface area contributed by atoms with Gasteiger partial charge in [-0.1, -0.05) is 44.2 Å². The van der Waals surface area contributed by atoms with Gasteiger partial charge in [0.15, 0.2) is 0 Å². The molecule has 0 spiro atoms. The van der Waals surface area contributed by atoms with E-state index in [0.717, 1.165) is 12.0 Å². The summed E-state index contributed by atoms with van der Waals surface area (Å²) >= 11 is 3.12. The maximum absolute atomic E-state index is 13.5.